The second-order valence-corrected chi connectivity index (χ2v) is 3.91. The molecule has 0 unspecified atom stereocenters. The summed E-state index contributed by atoms with van der Waals surface area (Å²) in [6.07, 6.45) is -0.897. The van der Waals surface area contributed by atoms with Crippen LogP contribution in [0.25, 0.3) is 0 Å². The lowest BCUT2D eigenvalue weighted by molar-refractivity contribution is -0.283. The van der Waals surface area contributed by atoms with Crippen molar-refractivity contribution in [3.63, 3.8) is 0 Å². The van der Waals surface area contributed by atoms with Gasteiger partial charge in [-0.2, -0.15) is 22.0 Å². The Hall–Kier alpha value is -0.300. The molecule has 0 aromatic carbocycles. The average molecular weight is 278 g/mol. The smallest absolute Gasteiger partial charge is 0.316 e. The number of hydrogen-bond donors (Lipinski definition) is 0. The van der Waals surface area contributed by atoms with Crippen molar-refractivity contribution in [3.8, 4) is 0 Å². The van der Waals surface area contributed by atoms with E-state index in [1.54, 1.807) is 12.3 Å². The predicted molar refractivity (Wildman–Crippen MR) is 58.1 cm³/mol. The van der Waals surface area contributed by atoms with Crippen molar-refractivity contribution in [1.29, 1.82) is 0 Å². The summed E-state index contributed by atoms with van der Waals surface area (Å²) in [5.41, 5.74) is 0. The highest BCUT2D eigenvalue weighted by Crippen LogP contribution is 2.38. The van der Waals surface area contributed by atoms with Gasteiger partial charge in [-0.15, -0.1) is 0 Å². The Morgan fingerprint density at radius 2 is 1.65 bits per heavy atom. The van der Waals surface area contributed by atoms with Crippen LogP contribution >= 0.6 is 12.0 Å². The van der Waals surface area contributed by atoms with Crippen molar-refractivity contribution in [3.05, 3.63) is 12.2 Å². The van der Waals surface area contributed by atoms with E-state index in [4.69, 9.17) is 4.18 Å². The molecular weight excluding hydrogens is 263 g/mol. The summed E-state index contributed by atoms with van der Waals surface area (Å²) in [5, 5.41) is 0. The number of hydrogen-bond acceptors (Lipinski definition) is 2. The summed E-state index contributed by atoms with van der Waals surface area (Å²) in [5.74, 6) is -4.60. The molecular formula is C10H15F5OS. The van der Waals surface area contributed by atoms with E-state index < -0.39 is 18.5 Å². The van der Waals surface area contributed by atoms with E-state index >= 15 is 0 Å². The van der Waals surface area contributed by atoms with Gasteiger partial charge in [0.1, 0.15) is 0 Å². The van der Waals surface area contributed by atoms with Gasteiger partial charge in [0.25, 0.3) is 0 Å². The van der Waals surface area contributed by atoms with Crippen LogP contribution in [0, 0.1) is 0 Å². The first kappa shape index (κ1) is 16.7. The van der Waals surface area contributed by atoms with Gasteiger partial charge in [-0.1, -0.05) is 12.2 Å². The van der Waals surface area contributed by atoms with Gasteiger partial charge in [0.05, 0.1) is 6.61 Å². The maximum atomic E-state index is 12.4. The van der Waals surface area contributed by atoms with Crippen LogP contribution < -0.4 is 0 Å². The lowest BCUT2D eigenvalue weighted by Gasteiger charge is -2.18. The quantitative estimate of drug-likeness (QED) is 0.278. The SMILES string of the molecule is CSOCCC/C=C\CCC(F)(F)C(F)(F)F. The van der Waals surface area contributed by atoms with E-state index in [1.807, 2.05) is 0 Å². The third kappa shape index (κ3) is 7.59. The average Bonchev–Trinajstić information content (AvgIpc) is 2.20. The molecule has 17 heavy (non-hydrogen) atoms. The minimum Gasteiger partial charge on any atom is -0.316 e. The van der Waals surface area contributed by atoms with Gasteiger partial charge in [0.2, 0.25) is 0 Å². The molecule has 0 spiro atoms. The van der Waals surface area contributed by atoms with Crippen LogP contribution in [-0.4, -0.2) is 25.0 Å². The fraction of sp³-hybridized carbons (Fsp3) is 0.800. The van der Waals surface area contributed by atoms with Gasteiger partial charge in [-0.05, 0) is 31.3 Å². The lowest BCUT2D eigenvalue weighted by Crippen LogP contribution is -2.35. The Balaban J connectivity index is 3.66. The van der Waals surface area contributed by atoms with E-state index in [1.165, 1.54) is 18.1 Å². The summed E-state index contributed by atoms with van der Waals surface area (Å²) in [4.78, 5) is 0. The normalized spacial score (nSPS) is 13.5. The summed E-state index contributed by atoms with van der Waals surface area (Å²) in [7, 11) is 0. The second kappa shape index (κ2) is 7.92. The van der Waals surface area contributed by atoms with E-state index in [-0.39, 0.29) is 6.42 Å². The molecule has 0 aliphatic rings. The number of unbranched alkanes of at least 4 members (excludes halogenated alkanes) is 1. The van der Waals surface area contributed by atoms with Crippen molar-refractivity contribution < 1.29 is 26.1 Å². The van der Waals surface area contributed by atoms with Crippen molar-refractivity contribution in [2.45, 2.75) is 37.8 Å². The Morgan fingerprint density at radius 1 is 1.06 bits per heavy atom. The van der Waals surface area contributed by atoms with E-state index in [0.717, 1.165) is 0 Å². The van der Waals surface area contributed by atoms with E-state index in [0.29, 0.717) is 19.4 Å². The van der Waals surface area contributed by atoms with Crippen LogP contribution in [0.5, 0.6) is 0 Å². The first-order valence-corrected chi connectivity index (χ1v) is 6.21. The summed E-state index contributed by atoms with van der Waals surface area (Å²) < 4.78 is 65.1. The number of halogens is 5. The highest BCUT2D eigenvalue weighted by atomic mass is 32.2. The molecule has 0 saturated heterocycles. The van der Waals surface area contributed by atoms with E-state index in [2.05, 4.69) is 0 Å². The summed E-state index contributed by atoms with van der Waals surface area (Å²) >= 11 is 1.23. The molecule has 102 valence electrons. The number of rotatable bonds is 8. The fourth-order valence-electron chi connectivity index (χ4n) is 0.985. The topological polar surface area (TPSA) is 9.23 Å². The first-order chi connectivity index (χ1) is 7.81. The molecule has 0 aromatic heterocycles. The zero-order valence-corrected chi connectivity index (χ0v) is 10.2. The third-order valence-corrected chi connectivity index (χ3v) is 2.33. The molecule has 0 aliphatic heterocycles. The fourth-order valence-corrected chi connectivity index (χ4v) is 1.27. The molecule has 0 radical (unpaired) electrons. The Morgan fingerprint density at radius 3 is 2.18 bits per heavy atom. The molecule has 0 bridgehead atoms. The second-order valence-electron chi connectivity index (χ2n) is 3.34. The molecule has 0 heterocycles. The number of allylic oxidation sites excluding steroid dienone is 2. The molecule has 0 N–H and O–H groups in total. The highest BCUT2D eigenvalue weighted by Gasteiger charge is 2.56. The maximum Gasteiger partial charge on any atom is 0.453 e. The summed E-state index contributed by atoms with van der Waals surface area (Å²) in [6.45, 7) is 0.532. The van der Waals surface area contributed by atoms with Crippen LogP contribution in [0.3, 0.4) is 0 Å². The zero-order valence-electron chi connectivity index (χ0n) is 9.40. The Labute approximate surface area is 102 Å². The largest absolute Gasteiger partial charge is 0.453 e. The van der Waals surface area contributed by atoms with Gasteiger partial charge in [-0.25, -0.2) is 0 Å². The Bertz CT molecular complexity index is 227. The van der Waals surface area contributed by atoms with Gasteiger partial charge in [0.15, 0.2) is 0 Å². The number of alkyl halides is 5. The maximum absolute atomic E-state index is 12.4. The standard InChI is InChI=1S/C10H15F5OS/c1-17-16-8-6-4-2-3-5-7-9(11,12)10(13,14)15/h2-3H,4-8H2,1H3/b3-2-. The van der Waals surface area contributed by atoms with Crippen LogP contribution in [0.1, 0.15) is 25.7 Å². The molecule has 0 saturated carbocycles. The predicted octanol–water partition coefficient (Wildman–Crippen LogP) is 4.60. The summed E-state index contributed by atoms with van der Waals surface area (Å²) in [6, 6.07) is 0. The van der Waals surface area contributed by atoms with Crippen LogP contribution in [-0.2, 0) is 4.18 Å². The van der Waals surface area contributed by atoms with Crippen LogP contribution in [0.15, 0.2) is 12.2 Å². The van der Waals surface area contributed by atoms with Crippen molar-refractivity contribution >= 4 is 12.0 Å². The van der Waals surface area contributed by atoms with Gasteiger partial charge in [-0.3, -0.25) is 0 Å². The minimum atomic E-state index is -5.45. The van der Waals surface area contributed by atoms with Crippen molar-refractivity contribution in [2.75, 3.05) is 12.9 Å². The van der Waals surface area contributed by atoms with Gasteiger partial charge >= 0.3 is 12.1 Å². The molecule has 0 amide bonds. The lowest BCUT2D eigenvalue weighted by atomic mass is 10.1. The molecule has 0 fully saturated rings. The zero-order chi connectivity index (χ0) is 13.4. The molecule has 0 rings (SSSR count). The molecule has 1 nitrogen and oxygen atoms in total. The van der Waals surface area contributed by atoms with Gasteiger partial charge in [0, 0.05) is 12.7 Å². The molecule has 0 aromatic rings. The van der Waals surface area contributed by atoms with Crippen molar-refractivity contribution in [2.24, 2.45) is 0 Å². The van der Waals surface area contributed by atoms with E-state index in [9.17, 15) is 22.0 Å². The van der Waals surface area contributed by atoms with Crippen LogP contribution in [0.2, 0.25) is 0 Å². The third-order valence-electron chi connectivity index (χ3n) is 1.92. The molecule has 7 heteroatoms. The monoisotopic (exact) mass is 278 g/mol. The van der Waals surface area contributed by atoms with Crippen molar-refractivity contribution in [1.82, 2.24) is 0 Å². The molecule has 0 aliphatic carbocycles. The molecule has 0 atom stereocenters. The Kier molecular flexibility index (Phi) is 7.78. The van der Waals surface area contributed by atoms with Crippen LogP contribution in [0.4, 0.5) is 22.0 Å². The van der Waals surface area contributed by atoms with Gasteiger partial charge < -0.3 is 4.18 Å². The first-order valence-electron chi connectivity index (χ1n) is 5.06. The minimum absolute atomic E-state index is 0.282. The highest BCUT2D eigenvalue weighted by molar-refractivity contribution is 7.93.